The molecule has 0 bridgehead atoms. The van der Waals surface area contributed by atoms with Gasteiger partial charge in [0.05, 0.1) is 17.1 Å². The quantitative estimate of drug-likeness (QED) is 0.194. The fourth-order valence-electron chi connectivity index (χ4n) is 7.67. The predicted molar refractivity (Wildman–Crippen MR) is 204 cm³/mol. The Balaban J connectivity index is 1.24. The lowest BCUT2D eigenvalue weighted by Gasteiger charge is -2.26. The minimum atomic E-state index is 0.856. The average molecular weight is 632 g/mol. The molecule has 0 N–H and O–H groups in total. The molecule has 0 radical (unpaired) electrons. The van der Waals surface area contributed by atoms with Crippen LogP contribution in [0.4, 0.5) is 17.1 Å². The first-order chi connectivity index (χ1) is 23.8. The van der Waals surface area contributed by atoms with Gasteiger partial charge in [-0.15, -0.1) is 11.3 Å². The standard InChI is InChI=1S/C44H25NO2S/c1-3-11-29-26(9-1)19-22-33-31-24-21-28(25-38(31)46-42(29)33)45(36-15-8-18-40-41(36)35-13-5-6-17-39(35)48-40)37-16-7-14-32-34-23-20-27-10-2-4-12-30(27)43(34)47-44(32)37/h1-25H. The normalized spacial score (nSPS) is 12.2. The molecule has 4 heteroatoms. The Hall–Kier alpha value is -6.10. The second-order valence-corrected chi connectivity index (χ2v) is 13.5. The molecule has 0 saturated carbocycles. The zero-order valence-corrected chi connectivity index (χ0v) is 26.4. The highest BCUT2D eigenvalue weighted by Gasteiger charge is 2.24. The van der Waals surface area contributed by atoms with Crippen molar-refractivity contribution in [1.82, 2.24) is 0 Å². The number of hydrogen-bond acceptors (Lipinski definition) is 4. The van der Waals surface area contributed by atoms with E-state index in [-0.39, 0.29) is 0 Å². The SMILES string of the molecule is c1ccc2c(c1)ccc1c3ccc(N(c4cccc5c4oc4c6ccccc6ccc54)c4cccc5sc6ccccc6c45)cc3oc21. The molecule has 0 saturated heterocycles. The van der Waals surface area contributed by atoms with E-state index < -0.39 is 0 Å². The van der Waals surface area contributed by atoms with Crippen molar-refractivity contribution in [2.75, 3.05) is 4.90 Å². The van der Waals surface area contributed by atoms with Crippen molar-refractivity contribution >= 4 is 114 Å². The first kappa shape index (κ1) is 26.0. The highest BCUT2D eigenvalue weighted by Crippen LogP contribution is 2.49. The third-order valence-electron chi connectivity index (χ3n) is 9.84. The highest BCUT2D eigenvalue weighted by atomic mass is 32.1. The fraction of sp³-hybridized carbons (Fsp3) is 0. The van der Waals surface area contributed by atoms with Crippen molar-refractivity contribution in [2.24, 2.45) is 0 Å². The van der Waals surface area contributed by atoms with Crippen LogP contribution < -0.4 is 4.90 Å². The van der Waals surface area contributed by atoms with Gasteiger partial charge in [0.2, 0.25) is 0 Å². The van der Waals surface area contributed by atoms with E-state index in [1.165, 1.54) is 30.9 Å². The summed E-state index contributed by atoms with van der Waals surface area (Å²) in [6.07, 6.45) is 0. The summed E-state index contributed by atoms with van der Waals surface area (Å²) in [7, 11) is 0. The number of thiophene rings is 1. The van der Waals surface area contributed by atoms with E-state index in [2.05, 4.69) is 157 Å². The average Bonchev–Trinajstić information content (AvgIpc) is 3.84. The van der Waals surface area contributed by atoms with Gasteiger partial charge in [-0.2, -0.15) is 0 Å². The first-order valence-corrected chi connectivity index (χ1v) is 17.0. The summed E-state index contributed by atoms with van der Waals surface area (Å²) in [5.41, 5.74) is 6.63. The minimum absolute atomic E-state index is 0.856. The predicted octanol–water partition coefficient (Wildman–Crippen LogP) is 13.6. The number of hydrogen-bond donors (Lipinski definition) is 0. The summed E-state index contributed by atoms with van der Waals surface area (Å²) in [5, 5.41) is 11.5. The van der Waals surface area contributed by atoms with Crippen molar-refractivity contribution in [2.45, 2.75) is 0 Å². The van der Waals surface area contributed by atoms with E-state index in [0.717, 1.165) is 71.7 Å². The second-order valence-electron chi connectivity index (χ2n) is 12.4. The molecular formula is C44H25NO2S. The van der Waals surface area contributed by atoms with Gasteiger partial charge in [-0.05, 0) is 59.3 Å². The van der Waals surface area contributed by atoms with Gasteiger partial charge in [-0.3, -0.25) is 0 Å². The van der Waals surface area contributed by atoms with Gasteiger partial charge < -0.3 is 13.7 Å². The maximum Gasteiger partial charge on any atom is 0.159 e. The first-order valence-electron chi connectivity index (χ1n) is 16.2. The van der Waals surface area contributed by atoms with E-state index in [4.69, 9.17) is 8.83 Å². The van der Waals surface area contributed by atoms with Crippen LogP contribution in [0.15, 0.2) is 160 Å². The Morgan fingerprint density at radius 1 is 0.396 bits per heavy atom. The monoisotopic (exact) mass is 631 g/mol. The fourth-order valence-corrected chi connectivity index (χ4v) is 8.80. The summed E-state index contributed by atoms with van der Waals surface area (Å²) in [5.74, 6) is 0. The molecule has 0 aliphatic rings. The topological polar surface area (TPSA) is 29.5 Å². The largest absolute Gasteiger partial charge is 0.455 e. The van der Waals surface area contributed by atoms with Crippen LogP contribution in [-0.2, 0) is 0 Å². The van der Waals surface area contributed by atoms with Crippen LogP contribution in [0, 0.1) is 0 Å². The Kier molecular flexibility index (Phi) is 5.26. The van der Waals surface area contributed by atoms with Crippen LogP contribution in [-0.4, -0.2) is 0 Å². The van der Waals surface area contributed by atoms with Gasteiger partial charge in [0.1, 0.15) is 16.7 Å². The lowest BCUT2D eigenvalue weighted by molar-refractivity contribution is 0.671. The van der Waals surface area contributed by atoms with Crippen LogP contribution in [0.5, 0.6) is 0 Å². The van der Waals surface area contributed by atoms with Crippen molar-refractivity contribution in [1.29, 1.82) is 0 Å². The molecular weight excluding hydrogens is 607 g/mol. The van der Waals surface area contributed by atoms with Crippen LogP contribution >= 0.6 is 11.3 Å². The van der Waals surface area contributed by atoms with Crippen LogP contribution in [0.3, 0.4) is 0 Å². The van der Waals surface area contributed by atoms with Crippen molar-refractivity contribution in [3.8, 4) is 0 Å². The third-order valence-corrected chi connectivity index (χ3v) is 11.0. The molecule has 11 aromatic rings. The lowest BCUT2D eigenvalue weighted by atomic mass is 10.0. The molecule has 3 heterocycles. The van der Waals surface area contributed by atoms with Gasteiger partial charge in [0.25, 0.3) is 0 Å². The van der Waals surface area contributed by atoms with Crippen molar-refractivity contribution in [3.63, 3.8) is 0 Å². The molecule has 0 spiro atoms. The van der Waals surface area contributed by atoms with Crippen LogP contribution in [0.25, 0.3) is 85.6 Å². The lowest BCUT2D eigenvalue weighted by Crippen LogP contribution is -2.10. The molecule has 48 heavy (non-hydrogen) atoms. The summed E-state index contributed by atoms with van der Waals surface area (Å²) in [6.45, 7) is 0. The number of nitrogens with zero attached hydrogens (tertiary/aromatic N) is 1. The van der Waals surface area contributed by atoms with Crippen molar-refractivity contribution < 1.29 is 8.83 Å². The molecule has 0 atom stereocenters. The molecule has 11 rings (SSSR count). The number of benzene rings is 8. The zero-order chi connectivity index (χ0) is 31.3. The van der Waals surface area contributed by atoms with Gasteiger partial charge in [-0.1, -0.05) is 97.1 Å². The van der Waals surface area contributed by atoms with E-state index in [0.29, 0.717) is 0 Å². The van der Waals surface area contributed by atoms with Crippen LogP contribution in [0.2, 0.25) is 0 Å². The molecule has 3 aromatic heterocycles. The van der Waals surface area contributed by atoms with E-state index >= 15 is 0 Å². The highest BCUT2D eigenvalue weighted by molar-refractivity contribution is 7.26. The second kappa shape index (κ2) is 9.71. The Bertz CT molecular complexity index is 3090. The Morgan fingerprint density at radius 2 is 0.979 bits per heavy atom. The van der Waals surface area contributed by atoms with E-state index in [1.54, 1.807) is 0 Å². The number of rotatable bonds is 3. The molecule has 0 amide bonds. The zero-order valence-electron chi connectivity index (χ0n) is 25.6. The summed E-state index contributed by atoms with van der Waals surface area (Å²) in [6, 6.07) is 54.0. The molecule has 3 nitrogen and oxygen atoms in total. The van der Waals surface area contributed by atoms with E-state index in [1.807, 2.05) is 11.3 Å². The molecule has 0 aliphatic heterocycles. The number of furan rings is 2. The third kappa shape index (κ3) is 3.58. The maximum absolute atomic E-state index is 6.92. The van der Waals surface area contributed by atoms with Gasteiger partial charge >= 0.3 is 0 Å². The summed E-state index contributed by atoms with van der Waals surface area (Å²) < 4.78 is 16.1. The number of anilines is 3. The molecule has 224 valence electrons. The van der Waals surface area contributed by atoms with E-state index in [9.17, 15) is 0 Å². The smallest absolute Gasteiger partial charge is 0.159 e. The summed E-state index contributed by atoms with van der Waals surface area (Å²) in [4.78, 5) is 2.36. The molecule has 0 unspecified atom stereocenters. The molecule has 8 aromatic carbocycles. The molecule has 0 aliphatic carbocycles. The minimum Gasteiger partial charge on any atom is -0.455 e. The Morgan fingerprint density at radius 3 is 1.79 bits per heavy atom. The van der Waals surface area contributed by atoms with Crippen LogP contribution in [0.1, 0.15) is 0 Å². The van der Waals surface area contributed by atoms with Gasteiger partial charge in [-0.25, -0.2) is 0 Å². The molecule has 0 fully saturated rings. The van der Waals surface area contributed by atoms with Gasteiger partial charge in [0.15, 0.2) is 5.58 Å². The van der Waals surface area contributed by atoms with Gasteiger partial charge in [0, 0.05) is 58.6 Å². The number of para-hydroxylation sites is 1. The summed E-state index contributed by atoms with van der Waals surface area (Å²) >= 11 is 1.83. The Labute approximate surface area is 278 Å². The maximum atomic E-state index is 6.92. The van der Waals surface area contributed by atoms with Crippen molar-refractivity contribution in [3.05, 3.63) is 152 Å². The number of fused-ring (bicyclic) bond motifs is 13.